The van der Waals surface area contributed by atoms with Gasteiger partial charge in [0.25, 0.3) is 0 Å². The van der Waals surface area contributed by atoms with Gasteiger partial charge in [-0.2, -0.15) is 15.9 Å². The Hall–Kier alpha value is -0.0217. The maximum absolute atomic E-state index is 11.3. The molecule has 1 amide bonds. The van der Waals surface area contributed by atoms with Crippen LogP contribution in [0, 0.1) is 12.7 Å². The Bertz CT molecular complexity index is 343. The standard InChI is InChI=1S/C11H19NO3S.W/c1-4-10-9-12(11(13)15-10)7-5-6-8-16(2,3)14;/h5,10H,2-4,6-9H2,1H3;/q-2;+2/t10-;/m0./s1. The Morgan fingerprint density at radius 1 is 1.71 bits per heavy atom. The van der Waals surface area contributed by atoms with Gasteiger partial charge in [-0.3, -0.25) is 6.26 Å². The third kappa shape index (κ3) is 6.46. The Kier molecular flexibility index (Phi) is 7.41. The van der Waals surface area contributed by atoms with E-state index in [4.69, 9.17) is 4.74 Å². The zero-order valence-electron chi connectivity index (χ0n) is 10.1. The fraction of sp³-hybridized carbons (Fsp3) is 0.636. The van der Waals surface area contributed by atoms with Gasteiger partial charge in [0.15, 0.2) is 0 Å². The van der Waals surface area contributed by atoms with Gasteiger partial charge in [0.2, 0.25) is 0 Å². The molecule has 98 valence electrons. The largest absolute Gasteiger partial charge is 2.00 e. The van der Waals surface area contributed by atoms with Crippen molar-refractivity contribution in [1.29, 1.82) is 0 Å². The first-order chi connectivity index (χ1) is 7.42. The van der Waals surface area contributed by atoms with Crippen LogP contribution in [0.4, 0.5) is 4.79 Å². The van der Waals surface area contributed by atoms with Gasteiger partial charge < -0.3 is 20.3 Å². The van der Waals surface area contributed by atoms with Crippen LogP contribution in [0.15, 0.2) is 0 Å². The van der Waals surface area contributed by atoms with Crippen molar-refractivity contribution in [2.45, 2.75) is 25.9 Å². The third-order valence-electron chi connectivity index (χ3n) is 2.45. The Morgan fingerprint density at radius 2 is 2.35 bits per heavy atom. The second-order valence-electron chi connectivity index (χ2n) is 4.07. The minimum absolute atomic E-state index is 0. The molecule has 1 unspecified atom stereocenters. The molecule has 1 fully saturated rings. The summed E-state index contributed by atoms with van der Waals surface area (Å²) in [6.07, 6.45) is 6.66. The van der Waals surface area contributed by atoms with Gasteiger partial charge in [-0.15, -0.1) is 0 Å². The number of nitrogens with zero attached hydrogens (tertiary/aromatic N) is 1. The van der Waals surface area contributed by atoms with Crippen molar-refractivity contribution in [3.8, 4) is 0 Å². The van der Waals surface area contributed by atoms with Crippen LogP contribution in [0.1, 0.15) is 19.8 Å². The molecule has 17 heavy (non-hydrogen) atoms. The molecule has 0 saturated carbocycles. The van der Waals surface area contributed by atoms with Crippen LogP contribution in [0.2, 0.25) is 0 Å². The molecular weight excluding hydrogens is 410 g/mol. The molecular formula is C11H19NO3SW. The van der Waals surface area contributed by atoms with Gasteiger partial charge in [0, 0.05) is 0 Å². The molecule has 1 saturated heterocycles. The smallest absolute Gasteiger partial charge is 0.444 e. The number of hydrogen-bond donors (Lipinski definition) is 0. The monoisotopic (exact) mass is 429 g/mol. The third-order valence-corrected chi connectivity index (χ3v) is 3.43. The quantitative estimate of drug-likeness (QED) is 0.364. The van der Waals surface area contributed by atoms with E-state index in [1.54, 1.807) is 4.90 Å². The number of cyclic esters (lactones) is 1. The fourth-order valence-corrected chi connectivity index (χ4v) is 2.08. The number of carbonyl (C=O) groups excluding carboxylic acids is 1. The molecule has 0 spiro atoms. The molecule has 0 bridgehead atoms. The normalized spacial score (nSPS) is 22.8. The first kappa shape index (κ1) is 17.0. The number of rotatable bonds is 6. The molecule has 2 atom stereocenters. The maximum Gasteiger partial charge on any atom is 2.00 e. The first-order valence-electron chi connectivity index (χ1n) is 5.37. The van der Waals surface area contributed by atoms with Crippen LogP contribution in [0.3, 0.4) is 0 Å². The summed E-state index contributed by atoms with van der Waals surface area (Å²) in [7, 11) is -2.16. The van der Waals surface area contributed by atoms with Crippen LogP contribution in [-0.4, -0.2) is 46.0 Å². The number of amides is 1. The van der Waals surface area contributed by atoms with Crippen LogP contribution >= 0.6 is 0 Å². The second kappa shape index (κ2) is 7.42. The topological polar surface area (TPSA) is 46.6 Å². The summed E-state index contributed by atoms with van der Waals surface area (Å²) in [4.78, 5) is 13.0. The predicted octanol–water partition coefficient (Wildman–Crippen LogP) is 1.32. The minimum atomic E-state index is -2.16. The molecule has 1 aliphatic heterocycles. The Morgan fingerprint density at radius 3 is 2.82 bits per heavy atom. The van der Waals surface area contributed by atoms with E-state index in [1.165, 1.54) is 0 Å². The molecule has 0 radical (unpaired) electrons. The van der Waals surface area contributed by atoms with E-state index in [2.05, 4.69) is 12.1 Å². The van der Waals surface area contributed by atoms with Gasteiger partial charge in [0.1, 0.15) is 6.10 Å². The molecule has 0 aliphatic carbocycles. The number of unbranched alkanes of at least 4 members (excludes halogenated alkanes) is 1. The molecule has 0 N–H and O–H groups in total. The Labute approximate surface area is 118 Å². The van der Waals surface area contributed by atoms with Crippen molar-refractivity contribution in [3.63, 3.8) is 0 Å². The summed E-state index contributed by atoms with van der Waals surface area (Å²) in [6, 6.07) is 0. The van der Waals surface area contributed by atoms with E-state index in [-0.39, 0.29) is 33.3 Å². The van der Waals surface area contributed by atoms with Gasteiger partial charge in [-0.25, -0.2) is 4.79 Å². The first-order valence-corrected chi connectivity index (χ1v) is 7.44. The van der Waals surface area contributed by atoms with E-state index in [9.17, 15) is 9.00 Å². The molecule has 0 aromatic heterocycles. The summed E-state index contributed by atoms with van der Waals surface area (Å²) in [5, 5.41) is 0. The van der Waals surface area contributed by atoms with Crippen LogP contribution in [0.25, 0.3) is 0 Å². The summed E-state index contributed by atoms with van der Waals surface area (Å²) < 4.78 is 16.3. The molecule has 1 rings (SSSR count). The van der Waals surface area contributed by atoms with Crippen molar-refractivity contribution in [1.82, 2.24) is 4.90 Å². The second-order valence-corrected chi connectivity index (χ2v) is 6.41. The van der Waals surface area contributed by atoms with Crippen LogP contribution in [0.5, 0.6) is 0 Å². The van der Waals surface area contributed by atoms with Gasteiger partial charge in [0.05, 0.1) is 6.54 Å². The van der Waals surface area contributed by atoms with E-state index in [0.29, 0.717) is 25.3 Å². The number of hydrogen-bond acceptors (Lipinski definition) is 3. The van der Waals surface area contributed by atoms with E-state index in [0.717, 1.165) is 6.42 Å². The van der Waals surface area contributed by atoms with Crippen LogP contribution < -0.4 is 0 Å². The van der Waals surface area contributed by atoms with Gasteiger partial charge >= 0.3 is 27.2 Å². The zero-order chi connectivity index (χ0) is 12.2. The van der Waals surface area contributed by atoms with Crippen molar-refractivity contribution in [3.05, 3.63) is 12.7 Å². The average Bonchev–Trinajstić information content (AvgIpc) is 2.53. The van der Waals surface area contributed by atoms with Gasteiger partial charge in [-0.1, -0.05) is 19.3 Å². The molecule has 1 aliphatic rings. The Balaban J connectivity index is 0.00000256. The van der Waals surface area contributed by atoms with E-state index < -0.39 is 9.52 Å². The molecule has 4 nitrogen and oxygen atoms in total. The van der Waals surface area contributed by atoms with E-state index in [1.807, 2.05) is 13.3 Å². The van der Waals surface area contributed by atoms with Crippen molar-refractivity contribution >= 4 is 21.5 Å². The van der Waals surface area contributed by atoms with Crippen molar-refractivity contribution in [2.24, 2.45) is 0 Å². The molecule has 6 heteroatoms. The van der Waals surface area contributed by atoms with Crippen molar-refractivity contribution in [2.75, 3.05) is 18.8 Å². The zero-order valence-corrected chi connectivity index (χ0v) is 13.8. The number of carbonyl (C=O) groups is 1. The van der Waals surface area contributed by atoms with Crippen LogP contribution in [-0.2, 0) is 35.3 Å². The molecule has 1 heterocycles. The van der Waals surface area contributed by atoms with E-state index >= 15 is 0 Å². The van der Waals surface area contributed by atoms with Gasteiger partial charge in [-0.05, 0) is 12.2 Å². The number of ether oxygens (including phenoxy) is 1. The maximum atomic E-state index is 11.3. The SMILES string of the molecule is C=S([CH2-])(=O)CC[CH-]CN1C[C@H](CC)OC1=O.[W+2]. The average molecular weight is 429 g/mol. The predicted molar refractivity (Wildman–Crippen MR) is 66.5 cm³/mol. The summed E-state index contributed by atoms with van der Waals surface area (Å²) in [5.41, 5.74) is 0. The summed E-state index contributed by atoms with van der Waals surface area (Å²) >= 11 is 0. The minimum Gasteiger partial charge on any atom is -0.444 e. The summed E-state index contributed by atoms with van der Waals surface area (Å²) in [5.74, 6) is 3.94. The fourth-order valence-electron chi connectivity index (χ4n) is 1.48. The molecule has 0 aromatic rings. The summed E-state index contributed by atoms with van der Waals surface area (Å²) in [6.45, 7) is 3.19. The molecule has 0 aromatic carbocycles. The van der Waals surface area contributed by atoms with Crippen molar-refractivity contribution < 1.29 is 34.8 Å².